The number of ether oxygens (including phenoxy) is 2. The number of esters is 1. The van der Waals surface area contributed by atoms with Crippen LogP contribution in [0.15, 0.2) is 48.5 Å². The summed E-state index contributed by atoms with van der Waals surface area (Å²) in [6.45, 7) is 1.83. The van der Waals surface area contributed by atoms with Gasteiger partial charge in [-0.1, -0.05) is 29.8 Å². The van der Waals surface area contributed by atoms with E-state index < -0.39 is 5.97 Å². The Morgan fingerprint density at radius 3 is 2.57 bits per heavy atom. The summed E-state index contributed by atoms with van der Waals surface area (Å²) in [4.78, 5) is 23.6. The molecular weight excluding hydrogens is 318 g/mol. The predicted octanol–water partition coefficient (Wildman–Crippen LogP) is 3.53. The van der Waals surface area contributed by atoms with Crippen molar-refractivity contribution < 1.29 is 19.1 Å². The number of rotatable bonds is 6. The summed E-state index contributed by atoms with van der Waals surface area (Å²) in [7, 11) is 0. The van der Waals surface area contributed by atoms with Gasteiger partial charge >= 0.3 is 5.97 Å². The molecule has 0 saturated heterocycles. The van der Waals surface area contributed by atoms with Crippen molar-refractivity contribution in [2.45, 2.75) is 6.92 Å². The van der Waals surface area contributed by atoms with Crippen LogP contribution in [0.25, 0.3) is 0 Å². The zero-order valence-electron chi connectivity index (χ0n) is 12.5. The summed E-state index contributed by atoms with van der Waals surface area (Å²) in [6, 6.07) is 13.5. The number of hydrogen-bond acceptors (Lipinski definition) is 4. The lowest BCUT2D eigenvalue weighted by Crippen LogP contribution is -2.20. The van der Waals surface area contributed by atoms with E-state index in [-0.39, 0.29) is 19.1 Å². The summed E-state index contributed by atoms with van der Waals surface area (Å²) >= 11 is 6.03. The predicted molar refractivity (Wildman–Crippen MR) is 88.0 cm³/mol. The van der Waals surface area contributed by atoms with Gasteiger partial charge in [-0.2, -0.15) is 0 Å². The summed E-state index contributed by atoms with van der Waals surface area (Å²) in [5.74, 6) is -0.258. The van der Waals surface area contributed by atoms with Crippen LogP contribution in [0.2, 0.25) is 5.02 Å². The van der Waals surface area contributed by atoms with E-state index in [0.29, 0.717) is 22.0 Å². The Labute approximate surface area is 139 Å². The molecule has 23 heavy (non-hydrogen) atoms. The van der Waals surface area contributed by atoms with Crippen LogP contribution in [0.5, 0.6) is 5.75 Å². The molecular formula is C17H16ClNO4. The Morgan fingerprint density at radius 2 is 1.87 bits per heavy atom. The maximum Gasteiger partial charge on any atom is 0.338 e. The molecule has 0 fully saturated rings. The van der Waals surface area contributed by atoms with Crippen molar-refractivity contribution in [1.82, 2.24) is 0 Å². The van der Waals surface area contributed by atoms with E-state index in [1.807, 2.05) is 18.2 Å². The molecule has 0 aliphatic carbocycles. The van der Waals surface area contributed by atoms with E-state index >= 15 is 0 Å². The maximum absolute atomic E-state index is 11.9. The number of anilines is 1. The molecule has 0 bridgehead atoms. The highest BCUT2D eigenvalue weighted by Gasteiger charge is 2.12. The Balaban J connectivity index is 1.99. The smallest absolute Gasteiger partial charge is 0.338 e. The van der Waals surface area contributed by atoms with Gasteiger partial charge in [-0.15, -0.1) is 0 Å². The number of halogens is 1. The van der Waals surface area contributed by atoms with Gasteiger partial charge < -0.3 is 14.8 Å². The molecule has 0 aliphatic heterocycles. The number of amides is 1. The molecule has 120 valence electrons. The van der Waals surface area contributed by atoms with Crippen LogP contribution >= 0.6 is 11.6 Å². The quantitative estimate of drug-likeness (QED) is 0.821. The number of benzene rings is 2. The molecule has 1 N–H and O–H groups in total. The fraction of sp³-hybridized carbons (Fsp3) is 0.176. The van der Waals surface area contributed by atoms with E-state index in [2.05, 4.69) is 5.32 Å². The monoisotopic (exact) mass is 333 g/mol. The summed E-state index contributed by atoms with van der Waals surface area (Å²) in [6.07, 6.45) is 0. The average Bonchev–Trinajstić information content (AvgIpc) is 2.56. The Bertz CT molecular complexity index is 688. The van der Waals surface area contributed by atoms with Gasteiger partial charge in [-0.3, -0.25) is 4.79 Å². The largest absolute Gasteiger partial charge is 0.484 e. The third-order valence-electron chi connectivity index (χ3n) is 2.86. The van der Waals surface area contributed by atoms with Crippen molar-refractivity contribution in [2.24, 2.45) is 0 Å². The molecule has 0 atom stereocenters. The van der Waals surface area contributed by atoms with Crippen LogP contribution in [0.3, 0.4) is 0 Å². The van der Waals surface area contributed by atoms with Crippen molar-refractivity contribution in [3.8, 4) is 5.75 Å². The standard InChI is InChI=1S/C17H16ClNO4/c1-2-22-17(21)12-8-9-14(18)15(10-12)19-16(20)11-23-13-6-4-3-5-7-13/h3-10H,2,11H2,1H3,(H,19,20). The maximum atomic E-state index is 11.9. The highest BCUT2D eigenvalue weighted by Crippen LogP contribution is 2.23. The molecule has 2 rings (SSSR count). The van der Waals surface area contributed by atoms with Crippen molar-refractivity contribution in [3.63, 3.8) is 0 Å². The number of nitrogens with one attached hydrogen (secondary N) is 1. The van der Waals surface area contributed by atoms with Gasteiger partial charge in [0.25, 0.3) is 5.91 Å². The van der Waals surface area contributed by atoms with Crippen molar-refractivity contribution >= 4 is 29.2 Å². The fourth-order valence-electron chi connectivity index (χ4n) is 1.81. The average molecular weight is 334 g/mol. The molecule has 0 saturated carbocycles. The topological polar surface area (TPSA) is 64.6 Å². The van der Waals surface area contributed by atoms with E-state index in [1.54, 1.807) is 19.1 Å². The number of hydrogen-bond donors (Lipinski definition) is 1. The van der Waals surface area contributed by atoms with Gasteiger partial charge in [0.15, 0.2) is 6.61 Å². The van der Waals surface area contributed by atoms with Crippen molar-refractivity contribution in [2.75, 3.05) is 18.5 Å². The second-order valence-corrected chi connectivity index (χ2v) is 4.97. The first kappa shape index (κ1) is 16.8. The Kier molecular flexibility index (Phi) is 6.00. The number of para-hydroxylation sites is 1. The molecule has 0 aliphatic rings. The fourth-order valence-corrected chi connectivity index (χ4v) is 1.98. The van der Waals surface area contributed by atoms with E-state index in [4.69, 9.17) is 21.1 Å². The molecule has 0 radical (unpaired) electrons. The minimum Gasteiger partial charge on any atom is -0.484 e. The Hall–Kier alpha value is -2.53. The van der Waals surface area contributed by atoms with Crippen LogP contribution in [0.1, 0.15) is 17.3 Å². The van der Waals surface area contributed by atoms with Gasteiger partial charge in [0.1, 0.15) is 5.75 Å². The second-order valence-electron chi connectivity index (χ2n) is 4.56. The second kappa shape index (κ2) is 8.19. The molecule has 0 heterocycles. The normalized spacial score (nSPS) is 10.0. The number of carbonyl (C=O) groups excluding carboxylic acids is 2. The molecule has 2 aromatic carbocycles. The molecule has 6 heteroatoms. The molecule has 2 aromatic rings. The summed E-state index contributed by atoms with van der Waals surface area (Å²) in [5.41, 5.74) is 0.648. The molecule has 5 nitrogen and oxygen atoms in total. The van der Waals surface area contributed by atoms with Crippen LogP contribution < -0.4 is 10.1 Å². The minimum atomic E-state index is -0.472. The van der Waals surface area contributed by atoms with E-state index in [9.17, 15) is 9.59 Å². The first-order valence-corrected chi connectivity index (χ1v) is 7.42. The molecule has 0 aromatic heterocycles. The highest BCUT2D eigenvalue weighted by atomic mass is 35.5. The Morgan fingerprint density at radius 1 is 1.13 bits per heavy atom. The zero-order chi connectivity index (χ0) is 16.7. The first-order chi connectivity index (χ1) is 11.1. The SMILES string of the molecule is CCOC(=O)c1ccc(Cl)c(NC(=O)COc2ccccc2)c1. The van der Waals surface area contributed by atoms with Gasteiger partial charge in [0.05, 0.1) is 22.9 Å². The van der Waals surface area contributed by atoms with Crippen LogP contribution in [-0.4, -0.2) is 25.1 Å². The van der Waals surface area contributed by atoms with Crippen LogP contribution in [-0.2, 0) is 9.53 Å². The van der Waals surface area contributed by atoms with E-state index in [0.717, 1.165) is 0 Å². The number of carbonyl (C=O) groups is 2. The lowest BCUT2D eigenvalue weighted by atomic mass is 10.2. The first-order valence-electron chi connectivity index (χ1n) is 7.04. The summed E-state index contributed by atoms with van der Waals surface area (Å²) in [5, 5.41) is 2.94. The lowest BCUT2D eigenvalue weighted by molar-refractivity contribution is -0.118. The van der Waals surface area contributed by atoms with Gasteiger partial charge in [-0.05, 0) is 37.3 Å². The minimum absolute atomic E-state index is 0.163. The molecule has 0 unspecified atom stereocenters. The van der Waals surface area contributed by atoms with Gasteiger partial charge in [-0.25, -0.2) is 4.79 Å². The molecule has 0 spiro atoms. The van der Waals surface area contributed by atoms with E-state index in [1.165, 1.54) is 18.2 Å². The zero-order valence-corrected chi connectivity index (χ0v) is 13.3. The van der Waals surface area contributed by atoms with Gasteiger partial charge in [0.2, 0.25) is 0 Å². The van der Waals surface area contributed by atoms with Crippen molar-refractivity contribution in [1.29, 1.82) is 0 Å². The lowest BCUT2D eigenvalue weighted by Gasteiger charge is -2.10. The summed E-state index contributed by atoms with van der Waals surface area (Å²) < 4.78 is 10.3. The van der Waals surface area contributed by atoms with Crippen LogP contribution in [0, 0.1) is 0 Å². The third-order valence-corrected chi connectivity index (χ3v) is 3.19. The molecule has 1 amide bonds. The van der Waals surface area contributed by atoms with Gasteiger partial charge in [0, 0.05) is 0 Å². The highest BCUT2D eigenvalue weighted by molar-refractivity contribution is 6.33. The van der Waals surface area contributed by atoms with Crippen LogP contribution in [0.4, 0.5) is 5.69 Å². The third kappa shape index (κ3) is 5.00. The van der Waals surface area contributed by atoms with Crippen molar-refractivity contribution in [3.05, 3.63) is 59.1 Å².